The van der Waals surface area contributed by atoms with Gasteiger partial charge < -0.3 is 5.32 Å². The van der Waals surface area contributed by atoms with E-state index in [-0.39, 0.29) is 20.6 Å². The third kappa shape index (κ3) is 3.48. The van der Waals surface area contributed by atoms with Crippen molar-refractivity contribution in [2.75, 3.05) is 11.6 Å². The number of hydrogen-bond acceptors (Lipinski definition) is 3. The molecule has 2 aromatic rings. The van der Waals surface area contributed by atoms with Gasteiger partial charge in [0.1, 0.15) is 5.82 Å². The lowest BCUT2D eigenvalue weighted by molar-refractivity contribution is 0.102. The Balaban J connectivity index is 2.42. The van der Waals surface area contributed by atoms with Crippen LogP contribution in [-0.4, -0.2) is 20.6 Å². The lowest BCUT2D eigenvalue weighted by Crippen LogP contribution is -2.16. The van der Waals surface area contributed by atoms with Gasteiger partial charge in [-0.15, -0.1) is 0 Å². The van der Waals surface area contributed by atoms with Crippen molar-refractivity contribution in [3.8, 4) is 0 Å². The van der Waals surface area contributed by atoms with Crippen LogP contribution in [0.5, 0.6) is 0 Å². The zero-order chi connectivity index (χ0) is 15.6. The minimum absolute atomic E-state index is 0.0224. The summed E-state index contributed by atoms with van der Waals surface area (Å²) in [5, 5.41) is 2.43. The highest BCUT2D eigenvalue weighted by molar-refractivity contribution is 9.10. The van der Waals surface area contributed by atoms with Crippen LogP contribution >= 0.6 is 15.9 Å². The number of benzene rings is 2. The van der Waals surface area contributed by atoms with Gasteiger partial charge in [0.05, 0.1) is 16.1 Å². The van der Waals surface area contributed by atoms with Crippen LogP contribution in [0, 0.1) is 5.82 Å². The Labute approximate surface area is 130 Å². The number of halogens is 2. The number of sulfone groups is 1. The molecule has 7 heteroatoms. The van der Waals surface area contributed by atoms with Crippen LogP contribution in [-0.2, 0) is 9.84 Å². The Morgan fingerprint density at radius 1 is 1.14 bits per heavy atom. The summed E-state index contributed by atoms with van der Waals surface area (Å²) in [5.74, 6) is -1.42. The lowest BCUT2D eigenvalue weighted by Gasteiger charge is -2.11. The summed E-state index contributed by atoms with van der Waals surface area (Å²) in [6.45, 7) is 0. The molecule has 0 bridgehead atoms. The molecule has 0 spiro atoms. The summed E-state index contributed by atoms with van der Waals surface area (Å²) in [4.78, 5) is 12.1. The summed E-state index contributed by atoms with van der Waals surface area (Å²) < 4.78 is 37.4. The Hall–Kier alpha value is -1.73. The molecular weight excluding hydrogens is 361 g/mol. The molecule has 2 aromatic carbocycles. The smallest absolute Gasteiger partial charge is 0.259 e. The van der Waals surface area contributed by atoms with E-state index in [4.69, 9.17) is 0 Å². The molecule has 1 amide bonds. The highest BCUT2D eigenvalue weighted by Crippen LogP contribution is 2.24. The normalized spacial score (nSPS) is 11.2. The topological polar surface area (TPSA) is 63.2 Å². The van der Waals surface area contributed by atoms with E-state index in [9.17, 15) is 17.6 Å². The molecule has 0 fully saturated rings. The molecule has 2 rings (SSSR count). The van der Waals surface area contributed by atoms with Crippen molar-refractivity contribution < 1.29 is 17.6 Å². The molecule has 1 N–H and O–H groups in total. The number of anilines is 1. The van der Waals surface area contributed by atoms with Crippen molar-refractivity contribution in [1.82, 2.24) is 0 Å². The average Bonchev–Trinajstić information content (AvgIpc) is 2.37. The van der Waals surface area contributed by atoms with Crippen LogP contribution in [0.2, 0.25) is 0 Å². The first-order chi connectivity index (χ1) is 9.80. The first-order valence-electron chi connectivity index (χ1n) is 5.85. The van der Waals surface area contributed by atoms with Gasteiger partial charge in [-0.2, -0.15) is 0 Å². The van der Waals surface area contributed by atoms with Gasteiger partial charge >= 0.3 is 0 Å². The van der Waals surface area contributed by atoms with Crippen LogP contribution in [0.3, 0.4) is 0 Å². The van der Waals surface area contributed by atoms with E-state index >= 15 is 0 Å². The van der Waals surface area contributed by atoms with Crippen molar-refractivity contribution in [2.45, 2.75) is 4.90 Å². The summed E-state index contributed by atoms with van der Waals surface area (Å²) in [7, 11) is -3.50. The molecular formula is C14H11BrFNO3S. The molecule has 0 radical (unpaired) electrons. The number of amides is 1. The minimum atomic E-state index is -3.50. The fourth-order valence-electron chi connectivity index (χ4n) is 1.79. The van der Waals surface area contributed by atoms with Gasteiger partial charge in [-0.1, -0.05) is 18.2 Å². The molecule has 0 aromatic heterocycles. The molecule has 21 heavy (non-hydrogen) atoms. The molecule has 0 atom stereocenters. The van der Waals surface area contributed by atoms with Crippen LogP contribution in [0.15, 0.2) is 51.8 Å². The Morgan fingerprint density at radius 3 is 2.43 bits per heavy atom. The molecule has 0 saturated carbocycles. The van der Waals surface area contributed by atoms with E-state index in [0.717, 1.165) is 12.3 Å². The van der Waals surface area contributed by atoms with Crippen LogP contribution in [0.4, 0.5) is 10.1 Å². The van der Waals surface area contributed by atoms with Crippen molar-refractivity contribution >= 4 is 37.4 Å². The van der Waals surface area contributed by atoms with Crippen molar-refractivity contribution in [3.63, 3.8) is 0 Å². The maximum Gasteiger partial charge on any atom is 0.259 e. The molecule has 4 nitrogen and oxygen atoms in total. The van der Waals surface area contributed by atoms with Crippen LogP contribution in [0.25, 0.3) is 0 Å². The van der Waals surface area contributed by atoms with Crippen molar-refractivity contribution in [2.24, 2.45) is 0 Å². The molecule has 0 saturated heterocycles. The van der Waals surface area contributed by atoms with Gasteiger partial charge in [-0.05, 0) is 40.2 Å². The number of para-hydroxylation sites is 1. The first-order valence-corrected chi connectivity index (χ1v) is 8.53. The van der Waals surface area contributed by atoms with E-state index in [1.54, 1.807) is 12.1 Å². The van der Waals surface area contributed by atoms with E-state index in [0.29, 0.717) is 0 Å². The largest absolute Gasteiger partial charge is 0.321 e. The second kappa shape index (κ2) is 5.95. The number of nitrogens with one attached hydrogen (secondary N) is 1. The fourth-order valence-corrected chi connectivity index (χ4v) is 3.16. The number of carbonyl (C=O) groups is 1. The average molecular weight is 372 g/mol. The fraction of sp³-hybridized carbons (Fsp3) is 0.0714. The van der Waals surface area contributed by atoms with Crippen molar-refractivity contribution in [3.05, 3.63) is 58.3 Å². The van der Waals surface area contributed by atoms with Gasteiger partial charge in [0, 0.05) is 10.7 Å². The zero-order valence-corrected chi connectivity index (χ0v) is 13.3. The highest BCUT2D eigenvalue weighted by Gasteiger charge is 2.19. The van der Waals surface area contributed by atoms with Gasteiger partial charge in [0.15, 0.2) is 9.84 Å². The second-order valence-electron chi connectivity index (χ2n) is 4.32. The van der Waals surface area contributed by atoms with Gasteiger partial charge in [0.2, 0.25) is 0 Å². The lowest BCUT2D eigenvalue weighted by atomic mass is 10.2. The Bertz CT molecular complexity index is 785. The van der Waals surface area contributed by atoms with Gasteiger partial charge in [-0.25, -0.2) is 12.8 Å². The van der Waals surface area contributed by atoms with Crippen molar-refractivity contribution in [1.29, 1.82) is 0 Å². The van der Waals surface area contributed by atoms with Gasteiger partial charge in [0.25, 0.3) is 5.91 Å². The molecule has 0 aliphatic carbocycles. The predicted octanol–water partition coefficient (Wildman–Crippen LogP) is 3.24. The van der Waals surface area contributed by atoms with E-state index < -0.39 is 21.6 Å². The van der Waals surface area contributed by atoms with Crippen LogP contribution in [0.1, 0.15) is 10.4 Å². The summed E-state index contributed by atoms with van der Waals surface area (Å²) >= 11 is 3.10. The number of rotatable bonds is 3. The maximum atomic E-state index is 13.7. The molecule has 0 aliphatic heterocycles. The zero-order valence-electron chi connectivity index (χ0n) is 10.9. The monoisotopic (exact) mass is 371 g/mol. The van der Waals surface area contributed by atoms with Gasteiger partial charge in [-0.3, -0.25) is 4.79 Å². The van der Waals surface area contributed by atoms with Crippen LogP contribution < -0.4 is 5.32 Å². The Morgan fingerprint density at radius 2 is 1.81 bits per heavy atom. The number of hydrogen-bond donors (Lipinski definition) is 1. The predicted molar refractivity (Wildman–Crippen MR) is 81.6 cm³/mol. The number of carbonyl (C=O) groups excluding carboxylic acids is 1. The first kappa shape index (κ1) is 15.7. The minimum Gasteiger partial charge on any atom is -0.321 e. The molecule has 0 aliphatic rings. The third-order valence-electron chi connectivity index (χ3n) is 2.72. The molecule has 0 heterocycles. The summed E-state index contributed by atoms with van der Waals surface area (Å²) in [6.07, 6.45) is 1.04. The highest BCUT2D eigenvalue weighted by atomic mass is 79.9. The third-order valence-corrected chi connectivity index (χ3v) is 4.54. The quantitative estimate of drug-likeness (QED) is 0.900. The second-order valence-corrected chi connectivity index (χ2v) is 7.16. The molecule has 110 valence electrons. The summed E-state index contributed by atoms with van der Waals surface area (Å²) in [5.41, 5.74) is -0.0686. The SMILES string of the molecule is CS(=O)(=O)c1ccccc1NC(=O)c1c(F)cccc1Br. The molecule has 0 unspecified atom stereocenters. The van der Waals surface area contributed by atoms with E-state index in [1.165, 1.54) is 24.3 Å². The maximum absolute atomic E-state index is 13.7. The Kier molecular flexibility index (Phi) is 4.43. The van der Waals surface area contributed by atoms with E-state index in [2.05, 4.69) is 21.2 Å². The van der Waals surface area contributed by atoms with E-state index in [1.807, 2.05) is 0 Å². The summed E-state index contributed by atoms with van der Waals surface area (Å²) in [6, 6.07) is 10.1. The standard InChI is InChI=1S/C14H11BrFNO3S/c1-21(19,20)12-8-3-2-7-11(12)17-14(18)13-9(15)5-4-6-10(13)16/h2-8H,1H3,(H,17,18).